The van der Waals surface area contributed by atoms with Crippen molar-refractivity contribution in [3.8, 4) is 0 Å². The number of hydrogen-bond donors (Lipinski definition) is 1. The molecule has 3 nitrogen and oxygen atoms in total. The third kappa shape index (κ3) is 3.22. The summed E-state index contributed by atoms with van der Waals surface area (Å²) < 4.78 is 23.4. The minimum Gasteiger partial charge on any atom is -0.310 e. The molecule has 3 atom stereocenters. The second-order valence-corrected chi connectivity index (χ2v) is 8.17. The average Bonchev–Trinajstić information content (AvgIpc) is 2.85. The van der Waals surface area contributed by atoms with E-state index in [1.54, 1.807) is 0 Å². The summed E-state index contributed by atoms with van der Waals surface area (Å²) in [5.74, 6) is 0.760. The summed E-state index contributed by atoms with van der Waals surface area (Å²) in [6.45, 7) is 2.23. The quantitative estimate of drug-likeness (QED) is 0.841. The molecule has 0 spiro atoms. The van der Waals surface area contributed by atoms with Gasteiger partial charge in [0.25, 0.3) is 0 Å². The van der Waals surface area contributed by atoms with Gasteiger partial charge in [0.05, 0.1) is 5.25 Å². The molecule has 0 amide bonds. The van der Waals surface area contributed by atoms with E-state index in [9.17, 15) is 8.42 Å². The Morgan fingerprint density at radius 1 is 1.06 bits per heavy atom. The highest BCUT2D eigenvalue weighted by Gasteiger charge is 2.36. The standard InChI is InChI=1S/C13H25NO2S/c1-10(11-6-3-4-7-11)14-12-8-5-9-13(12)17(2,15)16/h10-14H,3-9H2,1-2H3/t10-,12?,13?/m0/s1. The van der Waals surface area contributed by atoms with Crippen molar-refractivity contribution in [2.75, 3.05) is 6.26 Å². The number of nitrogens with one attached hydrogen (secondary N) is 1. The van der Waals surface area contributed by atoms with E-state index >= 15 is 0 Å². The van der Waals surface area contributed by atoms with Crippen molar-refractivity contribution in [1.82, 2.24) is 5.32 Å². The van der Waals surface area contributed by atoms with Crippen LogP contribution in [-0.2, 0) is 9.84 Å². The molecule has 1 N–H and O–H groups in total. The molecule has 0 radical (unpaired) electrons. The minimum absolute atomic E-state index is 0.147. The first-order chi connectivity index (χ1) is 7.98. The van der Waals surface area contributed by atoms with Gasteiger partial charge in [-0.15, -0.1) is 0 Å². The molecule has 2 aliphatic carbocycles. The molecule has 0 heterocycles. The summed E-state index contributed by atoms with van der Waals surface area (Å²) >= 11 is 0. The summed E-state index contributed by atoms with van der Waals surface area (Å²) in [7, 11) is -2.88. The monoisotopic (exact) mass is 259 g/mol. The van der Waals surface area contributed by atoms with Gasteiger partial charge in [-0.05, 0) is 38.5 Å². The largest absolute Gasteiger partial charge is 0.310 e. The van der Waals surface area contributed by atoms with Gasteiger partial charge >= 0.3 is 0 Å². The predicted molar refractivity (Wildman–Crippen MR) is 70.8 cm³/mol. The van der Waals surface area contributed by atoms with Crippen molar-refractivity contribution in [2.45, 2.75) is 69.2 Å². The molecule has 0 aliphatic heterocycles. The van der Waals surface area contributed by atoms with Crippen molar-refractivity contribution in [2.24, 2.45) is 5.92 Å². The first kappa shape index (κ1) is 13.3. The first-order valence-electron chi connectivity index (χ1n) is 6.93. The van der Waals surface area contributed by atoms with E-state index in [0.717, 1.165) is 25.2 Å². The normalized spacial score (nSPS) is 33.1. The maximum absolute atomic E-state index is 11.7. The number of hydrogen-bond acceptors (Lipinski definition) is 3. The molecule has 2 rings (SSSR count). The topological polar surface area (TPSA) is 46.2 Å². The summed E-state index contributed by atoms with van der Waals surface area (Å²) in [5.41, 5.74) is 0. The Kier molecular flexibility index (Phi) is 4.14. The maximum atomic E-state index is 11.7. The van der Waals surface area contributed by atoms with Gasteiger partial charge in [0.2, 0.25) is 0 Å². The highest BCUT2D eigenvalue weighted by atomic mass is 32.2. The highest BCUT2D eigenvalue weighted by molar-refractivity contribution is 7.91. The first-order valence-corrected chi connectivity index (χ1v) is 8.89. The van der Waals surface area contributed by atoms with Crippen molar-refractivity contribution >= 4 is 9.84 Å². The van der Waals surface area contributed by atoms with Crippen LogP contribution in [0.2, 0.25) is 0 Å². The van der Waals surface area contributed by atoms with Crippen molar-refractivity contribution in [3.05, 3.63) is 0 Å². The van der Waals surface area contributed by atoms with Gasteiger partial charge in [0, 0.05) is 18.3 Å². The zero-order valence-electron chi connectivity index (χ0n) is 11.0. The maximum Gasteiger partial charge on any atom is 0.151 e. The number of rotatable bonds is 4. The molecule has 2 unspecified atom stereocenters. The van der Waals surface area contributed by atoms with Crippen LogP contribution >= 0.6 is 0 Å². The number of sulfone groups is 1. The molecule has 4 heteroatoms. The SMILES string of the molecule is C[C@H](NC1CCCC1S(C)(=O)=O)C1CCCC1. The van der Waals surface area contributed by atoms with Crippen LogP contribution in [-0.4, -0.2) is 32.0 Å². The Morgan fingerprint density at radius 2 is 1.71 bits per heavy atom. The summed E-state index contributed by atoms with van der Waals surface area (Å²) in [5, 5.41) is 3.45. The van der Waals surface area contributed by atoms with Crippen LogP contribution in [0.1, 0.15) is 51.9 Å². The average molecular weight is 259 g/mol. The van der Waals surface area contributed by atoms with Crippen LogP contribution in [0.4, 0.5) is 0 Å². The van der Waals surface area contributed by atoms with E-state index in [4.69, 9.17) is 0 Å². The van der Waals surface area contributed by atoms with Crippen molar-refractivity contribution in [3.63, 3.8) is 0 Å². The molecule has 2 saturated carbocycles. The third-order valence-corrected chi connectivity index (χ3v) is 6.25. The predicted octanol–water partition coefficient (Wildman–Crippen LogP) is 2.12. The van der Waals surface area contributed by atoms with E-state index in [2.05, 4.69) is 12.2 Å². The lowest BCUT2D eigenvalue weighted by Crippen LogP contribution is -2.46. The molecule has 100 valence electrons. The third-order valence-electron chi connectivity index (χ3n) is 4.59. The molecule has 0 aromatic rings. The zero-order valence-corrected chi connectivity index (χ0v) is 11.8. The second-order valence-electron chi connectivity index (χ2n) is 5.91. The molecule has 0 bridgehead atoms. The van der Waals surface area contributed by atoms with Crippen molar-refractivity contribution in [1.29, 1.82) is 0 Å². The van der Waals surface area contributed by atoms with Gasteiger partial charge in [-0.1, -0.05) is 19.3 Å². The van der Waals surface area contributed by atoms with E-state index in [1.807, 2.05) is 0 Å². The highest BCUT2D eigenvalue weighted by Crippen LogP contribution is 2.30. The molecular weight excluding hydrogens is 234 g/mol. The van der Waals surface area contributed by atoms with Crippen LogP contribution in [0.3, 0.4) is 0 Å². The summed E-state index contributed by atoms with van der Waals surface area (Å²) in [4.78, 5) is 0. The molecule has 0 saturated heterocycles. The van der Waals surface area contributed by atoms with E-state index in [-0.39, 0.29) is 11.3 Å². The van der Waals surface area contributed by atoms with E-state index in [1.165, 1.54) is 31.9 Å². The fourth-order valence-electron chi connectivity index (χ4n) is 3.56. The second kappa shape index (κ2) is 5.27. The molecular formula is C13H25NO2S. The van der Waals surface area contributed by atoms with Gasteiger partial charge in [-0.3, -0.25) is 0 Å². The summed E-state index contributed by atoms with van der Waals surface area (Å²) in [6, 6.07) is 0.672. The lowest BCUT2D eigenvalue weighted by Gasteiger charge is -2.27. The van der Waals surface area contributed by atoms with Crippen molar-refractivity contribution < 1.29 is 8.42 Å². The Hall–Kier alpha value is -0.0900. The molecule has 0 aromatic carbocycles. The molecule has 0 aromatic heterocycles. The smallest absolute Gasteiger partial charge is 0.151 e. The van der Waals surface area contributed by atoms with Crippen LogP contribution < -0.4 is 5.32 Å². The van der Waals surface area contributed by atoms with Crippen LogP contribution in [0.5, 0.6) is 0 Å². The van der Waals surface area contributed by atoms with Crippen LogP contribution in [0.15, 0.2) is 0 Å². The fourth-order valence-corrected chi connectivity index (χ4v) is 4.97. The van der Waals surface area contributed by atoms with Gasteiger partial charge in [0.15, 0.2) is 9.84 Å². The fraction of sp³-hybridized carbons (Fsp3) is 1.00. The van der Waals surface area contributed by atoms with Crippen LogP contribution in [0.25, 0.3) is 0 Å². The Bertz CT molecular complexity index is 346. The molecule has 2 fully saturated rings. The van der Waals surface area contributed by atoms with Gasteiger partial charge in [-0.25, -0.2) is 8.42 Å². The molecule has 17 heavy (non-hydrogen) atoms. The van der Waals surface area contributed by atoms with Gasteiger partial charge < -0.3 is 5.32 Å². The lowest BCUT2D eigenvalue weighted by atomic mass is 9.99. The van der Waals surface area contributed by atoms with Crippen LogP contribution in [0, 0.1) is 5.92 Å². The molecule has 2 aliphatic rings. The van der Waals surface area contributed by atoms with Gasteiger partial charge in [-0.2, -0.15) is 0 Å². The Morgan fingerprint density at radius 3 is 2.29 bits per heavy atom. The lowest BCUT2D eigenvalue weighted by molar-refractivity contribution is 0.342. The van der Waals surface area contributed by atoms with Gasteiger partial charge in [0.1, 0.15) is 0 Å². The van der Waals surface area contributed by atoms with E-state index in [0.29, 0.717) is 6.04 Å². The summed E-state index contributed by atoms with van der Waals surface area (Å²) in [6.07, 6.45) is 9.61. The Labute approximate surface area is 105 Å². The Balaban J connectivity index is 1.93. The zero-order chi connectivity index (χ0) is 12.5. The minimum atomic E-state index is -2.88. The van der Waals surface area contributed by atoms with E-state index < -0.39 is 9.84 Å².